The number of H-pyrrole nitrogens is 1. The second kappa shape index (κ2) is 8.58. The first-order valence-electron chi connectivity index (χ1n) is 8.40. The minimum atomic E-state index is 0.478. The van der Waals surface area contributed by atoms with Gasteiger partial charge in [-0.2, -0.15) is 5.10 Å². The highest BCUT2D eigenvalue weighted by Gasteiger charge is 2.11. The maximum absolute atomic E-state index is 5.98. The first kappa shape index (κ1) is 19.4. The summed E-state index contributed by atoms with van der Waals surface area (Å²) in [5.41, 5.74) is 6.58. The predicted molar refractivity (Wildman–Crippen MR) is 111 cm³/mol. The summed E-state index contributed by atoms with van der Waals surface area (Å²) in [6.45, 7) is 4.96. The highest BCUT2D eigenvalue weighted by atomic mass is 79.9. The molecule has 2 aromatic carbocycles. The fourth-order valence-electron chi connectivity index (χ4n) is 2.67. The maximum Gasteiger partial charge on any atom is 0.214 e. The van der Waals surface area contributed by atoms with E-state index in [0.717, 1.165) is 21.4 Å². The molecule has 0 aliphatic carbocycles. The van der Waals surface area contributed by atoms with Gasteiger partial charge in [0.2, 0.25) is 4.77 Å². The molecule has 1 heterocycles. The maximum atomic E-state index is 5.98. The molecule has 2 N–H and O–H groups in total. The summed E-state index contributed by atoms with van der Waals surface area (Å²) in [5, 5.41) is 6.84. The number of nitrogens with zero attached hydrogens (tertiary/aromatic N) is 2. The van der Waals surface area contributed by atoms with Crippen molar-refractivity contribution in [2.75, 3.05) is 12.5 Å². The molecule has 8 heteroatoms. The van der Waals surface area contributed by atoms with Gasteiger partial charge in [0, 0.05) is 4.47 Å². The fourth-order valence-corrected chi connectivity index (χ4v) is 3.38. The van der Waals surface area contributed by atoms with Crippen molar-refractivity contribution in [1.82, 2.24) is 14.9 Å². The standard InChI is InChI=1S/C19H21BrN4O2S/c1-12-5-4-6-14(7-12)11-26-18-9-16(20)15(8-17(18)25-3)10-21-24-13(2)22-23-19(24)27/h4-9,21H,10-11H2,1-3H3,(H,23,27). The Morgan fingerprint density at radius 3 is 2.70 bits per heavy atom. The van der Waals surface area contributed by atoms with Crippen molar-refractivity contribution < 1.29 is 9.47 Å². The van der Waals surface area contributed by atoms with E-state index in [2.05, 4.69) is 50.6 Å². The van der Waals surface area contributed by atoms with Gasteiger partial charge in [-0.1, -0.05) is 45.8 Å². The van der Waals surface area contributed by atoms with E-state index in [1.165, 1.54) is 5.56 Å². The average molecular weight is 449 g/mol. The van der Waals surface area contributed by atoms with Crippen LogP contribution in [0, 0.1) is 18.6 Å². The van der Waals surface area contributed by atoms with Gasteiger partial charge in [-0.05, 0) is 49.3 Å². The molecule has 27 heavy (non-hydrogen) atoms. The van der Waals surface area contributed by atoms with Crippen LogP contribution in [-0.2, 0) is 13.2 Å². The van der Waals surface area contributed by atoms with Crippen molar-refractivity contribution in [2.24, 2.45) is 0 Å². The zero-order valence-corrected chi connectivity index (χ0v) is 17.8. The first-order valence-corrected chi connectivity index (χ1v) is 9.60. The van der Waals surface area contributed by atoms with Crippen LogP contribution in [0.5, 0.6) is 11.5 Å². The summed E-state index contributed by atoms with van der Waals surface area (Å²) < 4.78 is 14.7. The Kier molecular flexibility index (Phi) is 6.18. The van der Waals surface area contributed by atoms with E-state index >= 15 is 0 Å². The molecule has 3 aromatic rings. The summed E-state index contributed by atoms with van der Waals surface area (Å²) in [7, 11) is 1.64. The Balaban J connectivity index is 1.75. The molecule has 0 saturated heterocycles. The Morgan fingerprint density at radius 2 is 2.04 bits per heavy atom. The van der Waals surface area contributed by atoms with Gasteiger partial charge in [0.15, 0.2) is 11.5 Å². The number of halogens is 1. The van der Waals surface area contributed by atoms with E-state index in [1.54, 1.807) is 11.8 Å². The van der Waals surface area contributed by atoms with Gasteiger partial charge in [0.05, 0.1) is 13.7 Å². The third-order valence-corrected chi connectivity index (χ3v) is 5.09. The van der Waals surface area contributed by atoms with Crippen LogP contribution >= 0.6 is 28.1 Å². The third-order valence-electron chi connectivity index (χ3n) is 4.08. The molecule has 0 aliphatic rings. The topological polar surface area (TPSA) is 64.1 Å². The van der Waals surface area contributed by atoms with Crippen molar-refractivity contribution in [3.63, 3.8) is 0 Å². The van der Waals surface area contributed by atoms with Gasteiger partial charge in [-0.15, -0.1) is 0 Å². The smallest absolute Gasteiger partial charge is 0.214 e. The molecule has 1 aromatic heterocycles. The molecule has 0 amide bonds. The Hall–Kier alpha value is -2.32. The monoisotopic (exact) mass is 448 g/mol. The normalized spacial score (nSPS) is 10.7. The summed E-state index contributed by atoms with van der Waals surface area (Å²) in [6.07, 6.45) is 0. The number of rotatable bonds is 7. The average Bonchev–Trinajstić information content (AvgIpc) is 2.97. The van der Waals surface area contributed by atoms with Crippen LogP contribution in [0.4, 0.5) is 0 Å². The first-order chi connectivity index (χ1) is 13.0. The molecule has 3 rings (SSSR count). The predicted octanol–water partition coefficient (Wildman–Crippen LogP) is 4.65. The number of aromatic amines is 1. The van der Waals surface area contributed by atoms with Crippen LogP contribution < -0.4 is 14.9 Å². The van der Waals surface area contributed by atoms with E-state index in [-0.39, 0.29) is 0 Å². The van der Waals surface area contributed by atoms with Gasteiger partial charge >= 0.3 is 0 Å². The second-order valence-electron chi connectivity index (χ2n) is 6.12. The highest BCUT2D eigenvalue weighted by molar-refractivity contribution is 9.10. The van der Waals surface area contributed by atoms with Crippen molar-refractivity contribution in [2.45, 2.75) is 27.0 Å². The summed E-state index contributed by atoms with van der Waals surface area (Å²) >= 11 is 8.82. The third kappa shape index (κ3) is 4.70. The van der Waals surface area contributed by atoms with Crippen molar-refractivity contribution in [3.05, 3.63) is 68.2 Å². The number of hydrogen-bond donors (Lipinski definition) is 2. The molecule has 0 radical (unpaired) electrons. The molecule has 0 spiro atoms. The number of ether oxygens (including phenoxy) is 2. The molecule has 0 fully saturated rings. The van der Waals surface area contributed by atoms with Gasteiger partial charge in [-0.3, -0.25) is 5.10 Å². The molecule has 0 aliphatic heterocycles. The molecular weight excluding hydrogens is 428 g/mol. The van der Waals surface area contributed by atoms with E-state index in [0.29, 0.717) is 29.4 Å². The number of aryl methyl sites for hydroxylation is 2. The second-order valence-corrected chi connectivity index (χ2v) is 7.36. The van der Waals surface area contributed by atoms with Crippen molar-refractivity contribution >= 4 is 28.1 Å². The summed E-state index contributed by atoms with van der Waals surface area (Å²) in [4.78, 5) is 0. The zero-order chi connectivity index (χ0) is 19.4. The minimum absolute atomic E-state index is 0.478. The quantitative estimate of drug-likeness (QED) is 0.514. The number of aromatic nitrogens is 3. The van der Waals surface area contributed by atoms with Crippen molar-refractivity contribution in [3.8, 4) is 11.5 Å². The number of hydrogen-bond acceptors (Lipinski definition) is 5. The van der Waals surface area contributed by atoms with Crippen LogP contribution in [0.2, 0.25) is 0 Å². The van der Waals surface area contributed by atoms with Gasteiger partial charge < -0.3 is 14.9 Å². The number of methoxy groups -OCH3 is 1. The van der Waals surface area contributed by atoms with E-state index in [4.69, 9.17) is 21.7 Å². The SMILES string of the molecule is COc1cc(CNn2c(C)n[nH]c2=S)c(Br)cc1OCc1cccc(C)c1. The van der Waals surface area contributed by atoms with E-state index < -0.39 is 0 Å². The summed E-state index contributed by atoms with van der Waals surface area (Å²) in [5.74, 6) is 2.13. The molecule has 0 atom stereocenters. The van der Waals surface area contributed by atoms with Crippen LogP contribution in [0.3, 0.4) is 0 Å². The Bertz CT molecular complexity index is 1000. The summed E-state index contributed by atoms with van der Waals surface area (Å²) in [6, 6.07) is 12.1. The molecule has 0 unspecified atom stereocenters. The molecule has 0 bridgehead atoms. The van der Waals surface area contributed by atoms with Gasteiger partial charge in [-0.25, -0.2) is 4.68 Å². The Morgan fingerprint density at radius 1 is 1.22 bits per heavy atom. The lowest BCUT2D eigenvalue weighted by Gasteiger charge is -2.15. The molecular formula is C19H21BrN4O2S. The fraction of sp³-hybridized carbons (Fsp3) is 0.263. The van der Waals surface area contributed by atoms with E-state index in [9.17, 15) is 0 Å². The van der Waals surface area contributed by atoms with Crippen LogP contribution in [0.15, 0.2) is 40.9 Å². The molecule has 142 valence electrons. The lowest BCUT2D eigenvalue weighted by Crippen LogP contribution is -2.16. The molecule has 0 saturated carbocycles. The van der Waals surface area contributed by atoms with E-state index in [1.807, 2.05) is 31.2 Å². The van der Waals surface area contributed by atoms with Crippen LogP contribution in [0.1, 0.15) is 22.5 Å². The van der Waals surface area contributed by atoms with Crippen molar-refractivity contribution in [1.29, 1.82) is 0 Å². The minimum Gasteiger partial charge on any atom is -0.493 e. The number of nitrogens with one attached hydrogen (secondary N) is 2. The van der Waals surface area contributed by atoms with Crippen LogP contribution in [0.25, 0.3) is 0 Å². The highest BCUT2D eigenvalue weighted by Crippen LogP contribution is 2.34. The largest absolute Gasteiger partial charge is 0.493 e. The van der Waals surface area contributed by atoms with Gasteiger partial charge in [0.25, 0.3) is 0 Å². The lowest BCUT2D eigenvalue weighted by atomic mass is 10.1. The number of benzene rings is 2. The lowest BCUT2D eigenvalue weighted by molar-refractivity contribution is 0.284. The molecule has 6 nitrogen and oxygen atoms in total. The van der Waals surface area contributed by atoms with Gasteiger partial charge in [0.1, 0.15) is 12.4 Å². The zero-order valence-electron chi connectivity index (χ0n) is 15.4. The van der Waals surface area contributed by atoms with Crippen LogP contribution in [-0.4, -0.2) is 22.0 Å². The Labute approximate surface area is 171 Å².